The number of amides is 1. The standard InChI is InChI=1S/C17H12INO2/c18-12-8-9-16(20)14(10-12)17(21)19-15-7-3-5-11-4-1-2-6-13(11)15/h1-10,20H,(H,19,21). The van der Waals surface area contributed by atoms with Crippen LogP contribution < -0.4 is 5.32 Å². The van der Waals surface area contributed by atoms with Gasteiger partial charge in [-0.15, -0.1) is 0 Å². The summed E-state index contributed by atoms with van der Waals surface area (Å²) in [4.78, 5) is 12.4. The molecular formula is C17H12INO2. The summed E-state index contributed by atoms with van der Waals surface area (Å²) in [7, 11) is 0. The first-order valence-electron chi connectivity index (χ1n) is 6.43. The number of aromatic hydroxyl groups is 1. The lowest BCUT2D eigenvalue weighted by molar-refractivity contribution is 0.102. The Morgan fingerprint density at radius 2 is 1.76 bits per heavy atom. The summed E-state index contributed by atoms with van der Waals surface area (Å²) >= 11 is 2.11. The molecule has 1 amide bonds. The third kappa shape index (κ3) is 2.85. The van der Waals surface area contributed by atoms with Crippen molar-refractivity contribution in [3.05, 3.63) is 69.8 Å². The number of anilines is 1. The van der Waals surface area contributed by atoms with Crippen molar-refractivity contribution in [2.24, 2.45) is 0 Å². The van der Waals surface area contributed by atoms with Crippen molar-refractivity contribution >= 4 is 45.0 Å². The smallest absolute Gasteiger partial charge is 0.259 e. The van der Waals surface area contributed by atoms with Gasteiger partial charge in [0.2, 0.25) is 0 Å². The molecule has 3 aromatic rings. The molecule has 0 atom stereocenters. The van der Waals surface area contributed by atoms with Crippen LogP contribution in [-0.2, 0) is 0 Å². The maximum atomic E-state index is 12.4. The van der Waals surface area contributed by atoms with Crippen LogP contribution in [0.4, 0.5) is 5.69 Å². The van der Waals surface area contributed by atoms with Crippen molar-refractivity contribution in [1.29, 1.82) is 0 Å². The van der Waals surface area contributed by atoms with Gasteiger partial charge in [0.1, 0.15) is 5.75 Å². The zero-order chi connectivity index (χ0) is 14.8. The van der Waals surface area contributed by atoms with Crippen molar-refractivity contribution in [3.8, 4) is 5.75 Å². The number of halogens is 1. The molecule has 21 heavy (non-hydrogen) atoms. The molecule has 3 aromatic carbocycles. The predicted molar refractivity (Wildman–Crippen MR) is 92.7 cm³/mol. The van der Waals surface area contributed by atoms with E-state index in [9.17, 15) is 9.90 Å². The molecule has 3 nitrogen and oxygen atoms in total. The van der Waals surface area contributed by atoms with E-state index in [1.807, 2.05) is 42.5 Å². The molecule has 104 valence electrons. The number of carbonyl (C=O) groups is 1. The third-order valence-electron chi connectivity index (χ3n) is 3.24. The second kappa shape index (κ2) is 5.73. The minimum Gasteiger partial charge on any atom is -0.507 e. The fourth-order valence-electron chi connectivity index (χ4n) is 2.21. The number of phenolic OH excluding ortho intramolecular Hbond substituents is 1. The van der Waals surface area contributed by atoms with Gasteiger partial charge < -0.3 is 10.4 Å². The van der Waals surface area contributed by atoms with E-state index >= 15 is 0 Å². The van der Waals surface area contributed by atoms with Crippen molar-refractivity contribution in [2.75, 3.05) is 5.32 Å². The third-order valence-corrected chi connectivity index (χ3v) is 3.91. The molecule has 0 saturated heterocycles. The van der Waals surface area contributed by atoms with Crippen LogP contribution in [0.1, 0.15) is 10.4 Å². The number of phenols is 1. The van der Waals surface area contributed by atoms with Gasteiger partial charge in [-0.25, -0.2) is 0 Å². The molecule has 0 aliphatic rings. The van der Waals surface area contributed by atoms with Gasteiger partial charge in [-0.05, 0) is 52.2 Å². The lowest BCUT2D eigenvalue weighted by atomic mass is 10.1. The first-order valence-corrected chi connectivity index (χ1v) is 7.50. The lowest BCUT2D eigenvalue weighted by Gasteiger charge is -2.10. The van der Waals surface area contributed by atoms with E-state index in [0.29, 0.717) is 0 Å². The van der Waals surface area contributed by atoms with Gasteiger partial charge in [-0.1, -0.05) is 36.4 Å². The summed E-state index contributed by atoms with van der Waals surface area (Å²) in [6.07, 6.45) is 0. The molecule has 3 rings (SSSR count). The van der Waals surface area contributed by atoms with Gasteiger partial charge in [-0.3, -0.25) is 4.79 Å². The van der Waals surface area contributed by atoms with Gasteiger partial charge >= 0.3 is 0 Å². The van der Waals surface area contributed by atoms with Crippen LogP contribution in [0.25, 0.3) is 10.8 Å². The summed E-state index contributed by atoms with van der Waals surface area (Å²) in [6, 6.07) is 18.5. The van der Waals surface area contributed by atoms with E-state index < -0.39 is 0 Å². The average molecular weight is 389 g/mol. The molecule has 0 bridgehead atoms. The van der Waals surface area contributed by atoms with Crippen molar-refractivity contribution in [3.63, 3.8) is 0 Å². The second-order valence-corrected chi connectivity index (χ2v) is 5.89. The molecule has 0 spiro atoms. The highest BCUT2D eigenvalue weighted by molar-refractivity contribution is 14.1. The highest BCUT2D eigenvalue weighted by atomic mass is 127. The zero-order valence-electron chi connectivity index (χ0n) is 11.0. The first-order chi connectivity index (χ1) is 10.1. The van der Waals surface area contributed by atoms with Crippen LogP contribution in [-0.4, -0.2) is 11.0 Å². The van der Waals surface area contributed by atoms with Crippen LogP contribution in [0.3, 0.4) is 0 Å². The Bertz CT molecular complexity index is 825. The van der Waals surface area contributed by atoms with Crippen LogP contribution in [0.5, 0.6) is 5.75 Å². The largest absolute Gasteiger partial charge is 0.507 e. The molecular weight excluding hydrogens is 377 g/mol. The Balaban J connectivity index is 1.99. The zero-order valence-corrected chi connectivity index (χ0v) is 13.2. The second-order valence-electron chi connectivity index (χ2n) is 4.64. The van der Waals surface area contributed by atoms with Crippen molar-refractivity contribution < 1.29 is 9.90 Å². The SMILES string of the molecule is O=C(Nc1cccc2ccccc12)c1cc(I)ccc1O. The lowest BCUT2D eigenvalue weighted by Crippen LogP contribution is -2.12. The Morgan fingerprint density at radius 1 is 1.00 bits per heavy atom. The molecule has 0 aromatic heterocycles. The summed E-state index contributed by atoms with van der Waals surface area (Å²) in [5.41, 5.74) is 1.01. The van der Waals surface area contributed by atoms with Crippen molar-refractivity contribution in [2.45, 2.75) is 0 Å². The van der Waals surface area contributed by atoms with E-state index in [4.69, 9.17) is 0 Å². The summed E-state index contributed by atoms with van der Waals surface area (Å²) < 4.78 is 0.897. The fraction of sp³-hybridized carbons (Fsp3) is 0. The number of rotatable bonds is 2. The number of benzene rings is 3. The Labute approximate surface area is 135 Å². The highest BCUT2D eigenvalue weighted by Crippen LogP contribution is 2.25. The quantitative estimate of drug-likeness (QED) is 0.639. The molecule has 2 N–H and O–H groups in total. The molecule has 0 heterocycles. The normalized spacial score (nSPS) is 10.5. The van der Waals surface area contributed by atoms with Gasteiger partial charge in [0.05, 0.1) is 5.56 Å². The molecule has 0 aliphatic heterocycles. The van der Waals surface area contributed by atoms with E-state index in [1.54, 1.807) is 12.1 Å². The average Bonchev–Trinajstić information content (AvgIpc) is 2.50. The predicted octanol–water partition coefficient (Wildman–Crippen LogP) is 4.40. The number of nitrogens with one attached hydrogen (secondary N) is 1. The summed E-state index contributed by atoms with van der Waals surface area (Å²) in [5, 5.41) is 14.7. The minimum absolute atomic E-state index is 0.0202. The van der Waals surface area contributed by atoms with Gasteiger partial charge in [0, 0.05) is 14.6 Å². The van der Waals surface area contributed by atoms with E-state index in [2.05, 4.69) is 27.9 Å². The van der Waals surface area contributed by atoms with Gasteiger partial charge in [-0.2, -0.15) is 0 Å². The highest BCUT2D eigenvalue weighted by Gasteiger charge is 2.13. The number of carbonyl (C=O) groups excluding carboxylic acids is 1. The fourth-order valence-corrected chi connectivity index (χ4v) is 2.71. The maximum absolute atomic E-state index is 12.4. The molecule has 0 radical (unpaired) electrons. The molecule has 4 heteroatoms. The Kier molecular flexibility index (Phi) is 3.79. The summed E-state index contributed by atoms with van der Waals surface area (Å²) in [6.45, 7) is 0. The molecule has 0 aliphatic carbocycles. The molecule has 0 saturated carbocycles. The van der Waals surface area contributed by atoms with Gasteiger partial charge in [0.15, 0.2) is 0 Å². The van der Waals surface area contributed by atoms with Crippen LogP contribution in [0, 0.1) is 3.57 Å². The monoisotopic (exact) mass is 389 g/mol. The van der Waals surface area contributed by atoms with Crippen LogP contribution in [0.15, 0.2) is 60.7 Å². The summed E-state index contributed by atoms with van der Waals surface area (Å²) in [5.74, 6) is -0.337. The van der Waals surface area contributed by atoms with Gasteiger partial charge in [0.25, 0.3) is 5.91 Å². The Hall–Kier alpha value is -2.08. The van der Waals surface area contributed by atoms with Crippen LogP contribution in [0.2, 0.25) is 0 Å². The number of hydrogen-bond acceptors (Lipinski definition) is 2. The van der Waals surface area contributed by atoms with Crippen molar-refractivity contribution in [1.82, 2.24) is 0 Å². The van der Waals surface area contributed by atoms with E-state index in [1.165, 1.54) is 6.07 Å². The topological polar surface area (TPSA) is 49.3 Å². The first kappa shape index (κ1) is 13.9. The Morgan fingerprint density at radius 3 is 2.62 bits per heavy atom. The number of hydrogen-bond donors (Lipinski definition) is 2. The van der Waals surface area contributed by atoms with E-state index in [0.717, 1.165) is 20.0 Å². The maximum Gasteiger partial charge on any atom is 0.259 e. The van der Waals surface area contributed by atoms with E-state index in [-0.39, 0.29) is 17.2 Å². The molecule has 0 fully saturated rings. The minimum atomic E-state index is -0.317. The van der Waals surface area contributed by atoms with Crippen LogP contribution >= 0.6 is 22.6 Å². The number of fused-ring (bicyclic) bond motifs is 1. The molecule has 0 unspecified atom stereocenters.